The number of hydrogen-bond donors (Lipinski definition) is 1. The number of aryl methyl sites for hydroxylation is 1. The molecule has 6 heteroatoms. The van der Waals surface area contributed by atoms with Crippen molar-refractivity contribution in [1.82, 2.24) is 4.57 Å². The Balaban J connectivity index is 2.27. The van der Waals surface area contributed by atoms with Gasteiger partial charge in [0.2, 0.25) is 0 Å². The molecule has 128 valence electrons. The number of aromatic hydroxyl groups is 1. The van der Waals surface area contributed by atoms with Gasteiger partial charge in [-0.3, -0.25) is 9.59 Å². The van der Waals surface area contributed by atoms with Crippen molar-refractivity contribution >= 4 is 38.4 Å². The summed E-state index contributed by atoms with van der Waals surface area (Å²) in [5.74, 6) is -0.825. The monoisotopic (exact) mass is 400 g/mol. The molecule has 0 spiro atoms. The number of carbonyl (C=O) groups is 1. The molecule has 0 atom stereocenters. The van der Waals surface area contributed by atoms with Crippen LogP contribution in [0.25, 0.3) is 10.9 Å². The average Bonchev–Trinajstić information content (AvgIpc) is 2.61. The molecule has 0 saturated carbocycles. The first kappa shape index (κ1) is 17.2. The first-order valence-electron chi connectivity index (χ1n) is 7.84. The Morgan fingerprint density at radius 1 is 1.16 bits per heavy atom. The van der Waals surface area contributed by atoms with E-state index in [0.717, 1.165) is 0 Å². The van der Waals surface area contributed by atoms with E-state index in [0.29, 0.717) is 27.6 Å². The van der Waals surface area contributed by atoms with Crippen LogP contribution in [-0.2, 0) is 7.05 Å². The van der Waals surface area contributed by atoms with E-state index in [1.165, 1.54) is 9.47 Å². The molecule has 2 aromatic carbocycles. The summed E-state index contributed by atoms with van der Waals surface area (Å²) in [6, 6.07) is 14.3. The van der Waals surface area contributed by atoms with Gasteiger partial charge in [-0.25, -0.2) is 0 Å². The lowest BCUT2D eigenvalue weighted by atomic mass is 10.1. The number of amides is 1. The van der Waals surface area contributed by atoms with Crippen molar-refractivity contribution in [2.45, 2.75) is 6.92 Å². The Morgan fingerprint density at radius 2 is 1.84 bits per heavy atom. The summed E-state index contributed by atoms with van der Waals surface area (Å²) in [5, 5.41) is 11.1. The van der Waals surface area contributed by atoms with E-state index in [2.05, 4.69) is 15.9 Å². The van der Waals surface area contributed by atoms with E-state index < -0.39 is 11.5 Å². The van der Waals surface area contributed by atoms with Crippen LogP contribution in [-0.4, -0.2) is 22.1 Å². The molecule has 1 N–H and O–H groups in total. The predicted molar refractivity (Wildman–Crippen MR) is 102 cm³/mol. The van der Waals surface area contributed by atoms with Crippen LogP contribution in [0.3, 0.4) is 0 Å². The first-order valence-corrected chi connectivity index (χ1v) is 8.63. The van der Waals surface area contributed by atoms with Crippen LogP contribution in [0.5, 0.6) is 5.75 Å². The Labute approximate surface area is 153 Å². The number of fused-ring (bicyclic) bond motifs is 1. The molecule has 3 aromatic rings. The maximum atomic E-state index is 13.1. The highest BCUT2D eigenvalue weighted by atomic mass is 79.9. The van der Waals surface area contributed by atoms with Crippen molar-refractivity contribution < 1.29 is 9.90 Å². The Kier molecular flexibility index (Phi) is 4.63. The van der Waals surface area contributed by atoms with Gasteiger partial charge in [0.25, 0.3) is 11.5 Å². The summed E-state index contributed by atoms with van der Waals surface area (Å²) in [6.07, 6.45) is 0. The van der Waals surface area contributed by atoms with Crippen LogP contribution in [0.15, 0.2) is 57.8 Å². The van der Waals surface area contributed by atoms with Crippen LogP contribution in [0.2, 0.25) is 0 Å². The fourth-order valence-corrected chi connectivity index (χ4v) is 3.45. The number of halogens is 1. The van der Waals surface area contributed by atoms with Crippen molar-refractivity contribution in [3.8, 4) is 5.75 Å². The van der Waals surface area contributed by atoms with E-state index >= 15 is 0 Å². The van der Waals surface area contributed by atoms with Gasteiger partial charge in [0.05, 0.1) is 10.9 Å². The van der Waals surface area contributed by atoms with Gasteiger partial charge in [0.15, 0.2) is 0 Å². The molecule has 0 fully saturated rings. The van der Waals surface area contributed by atoms with Gasteiger partial charge in [0.1, 0.15) is 11.3 Å². The molecule has 1 aromatic heterocycles. The molecular formula is C19H17BrN2O3. The molecule has 5 nitrogen and oxygen atoms in total. The van der Waals surface area contributed by atoms with Crippen molar-refractivity contribution in [3.63, 3.8) is 0 Å². The standard InChI is InChI=1S/C19H17BrN2O3/c1-3-22(12-8-5-4-6-9-12)19(25)16-17(23)15-13(20)10-7-11-14(15)21(2)18(16)24/h4-11,23H,3H2,1-2H3. The van der Waals surface area contributed by atoms with Crippen LogP contribution in [0.4, 0.5) is 5.69 Å². The smallest absolute Gasteiger partial charge is 0.267 e. The molecule has 25 heavy (non-hydrogen) atoms. The number of rotatable bonds is 3. The van der Waals surface area contributed by atoms with Gasteiger partial charge >= 0.3 is 0 Å². The molecule has 0 aliphatic heterocycles. The van der Waals surface area contributed by atoms with Gasteiger partial charge in [-0.1, -0.05) is 24.3 Å². The minimum absolute atomic E-state index is 0.229. The zero-order valence-corrected chi connectivity index (χ0v) is 15.4. The third kappa shape index (κ3) is 2.82. The van der Waals surface area contributed by atoms with E-state index in [-0.39, 0.29) is 11.3 Å². The van der Waals surface area contributed by atoms with Crippen LogP contribution in [0.1, 0.15) is 17.3 Å². The fraction of sp³-hybridized carbons (Fsp3) is 0.158. The maximum Gasteiger partial charge on any atom is 0.267 e. The van der Waals surface area contributed by atoms with Crippen LogP contribution in [0, 0.1) is 0 Å². The van der Waals surface area contributed by atoms with Crippen molar-refractivity contribution in [2.75, 3.05) is 11.4 Å². The molecule has 0 bridgehead atoms. The second-order valence-electron chi connectivity index (χ2n) is 5.61. The van der Waals surface area contributed by atoms with E-state index in [4.69, 9.17) is 0 Å². The van der Waals surface area contributed by atoms with Crippen molar-refractivity contribution in [2.24, 2.45) is 7.05 Å². The van der Waals surface area contributed by atoms with Gasteiger partial charge in [-0.2, -0.15) is 0 Å². The van der Waals surface area contributed by atoms with Crippen LogP contribution < -0.4 is 10.5 Å². The molecular weight excluding hydrogens is 384 g/mol. The third-order valence-electron chi connectivity index (χ3n) is 4.19. The number of carbonyl (C=O) groups excluding carboxylic acids is 1. The van der Waals surface area contributed by atoms with E-state index in [1.54, 1.807) is 37.4 Å². The minimum atomic E-state index is -0.525. The SMILES string of the molecule is CCN(C(=O)c1c(O)c2c(Br)cccc2n(C)c1=O)c1ccccc1. The van der Waals surface area contributed by atoms with Gasteiger partial charge < -0.3 is 14.6 Å². The first-order chi connectivity index (χ1) is 12.0. The zero-order chi connectivity index (χ0) is 18.1. The van der Waals surface area contributed by atoms with Gasteiger partial charge in [-0.15, -0.1) is 0 Å². The van der Waals surface area contributed by atoms with E-state index in [9.17, 15) is 14.7 Å². The minimum Gasteiger partial charge on any atom is -0.506 e. The predicted octanol–water partition coefficient (Wildman–Crippen LogP) is 3.67. The molecule has 1 amide bonds. The molecule has 0 aliphatic rings. The van der Waals surface area contributed by atoms with Crippen LogP contribution >= 0.6 is 15.9 Å². The van der Waals surface area contributed by atoms with E-state index in [1.807, 2.05) is 25.1 Å². The van der Waals surface area contributed by atoms with Gasteiger partial charge in [0, 0.05) is 23.8 Å². The summed E-state index contributed by atoms with van der Waals surface area (Å²) in [7, 11) is 1.59. The summed E-state index contributed by atoms with van der Waals surface area (Å²) in [5.41, 5.74) is 0.468. The lowest BCUT2D eigenvalue weighted by Gasteiger charge is -2.22. The fourth-order valence-electron chi connectivity index (χ4n) is 2.91. The Morgan fingerprint density at radius 3 is 2.48 bits per heavy atom. The zero-order valence-electron chi connectivity index (χ0n) is 13.9. The summed E-state index contributed by atoms with van der Waals surface area (Å²) >= 11 is 3.39. The number of hydrogen-bond acceptors (Lipinski definition) is 3. The van der Waals surface area contributed by atoms with Crippen molar-refractivity contribution in [1.29, 1.82) is 0 Å². The number of nitrogens with zero attached hydrogens (tertiary/aromatic N) is 2. The second-order valence-corrected chi connectivity index (χ2v) is 6.46. The normalized spacial score (nSPS) is 10.8. The average molecular weight is 401 g/mol. The maximum absolute atomic E-state index is 13.1. The van der Waals surface area contributed by atoms with Crippen molar-refractivity contribution in [3.05, 3.63) is 68.9 Å². The molecule has 0 unspecified atom stereocenters. The molecule has 0 saturated heterocycles. The second kappa shape index (κ2) is 6.72. The quantitative estimate of drug-likeness (QED) is 0.729. The highest BCUT2D eigenvalue weighted by molar-refractivity contribution is 9.10. The highest BCUT2D eigenvalue weighted by Crippen LogP contribution is 2.33. The summed E-state index contributed by atoms with van der Waals surface area (Å²) in [6.45, 7) is 2.20. The summed E-state index contributed by atoms with van der Waals surface area (Å²) < 4.78 is 2.00. The number of anilines is 1. The lowest BCUT2D eigenvalue weighted by molar-refractivity contribution is 0.0984. The number of benzene rings is 2. The molecule has 1 heterocycles. The molecule has 0 radical (unpaired) electrons. The number of aromatic nitrogens is 1. The Bertz CT molecular complexity index is 1010. The third-order valence-corrected chi connectivity index (χ3v) is 4.85. The number of para-hydroxylation sites is 1. The molecule has 0 aliphatic carbocycles. The van der Waals surface area contributed by atoms with Gasteiger partial charge in [-0.05, 0) is 47.1 Å². The lowest BCUT2D eigenvalue weighted by Crippen LogP contribution is -2.36. The highest BCUT2D eigenvalue weighted by Gasteiger charge is 2.26. The Hall–Kier alpha value is -2.60. The largest absolute Gasteiger partial charge is 0.506 e. The number of pyridine rings is 1. The molecule has 3 rings (SSSR count). The summed E-state index contributed by atoms with van der Waals surface area (Å²) in [4.78, 5) is 27.3. The topological polar surface area (TPSA) is 62.5 Å².